The second-order valence-electron chi connectivity index (χ2n) is 6.69. The van der Waals surface area contributed by atoms with E-state index in [0.717, 1.165) is 18.8 Å². The van der Waals surface area contributed by atoms with Gasteiger partial charge in [-0.2, -0.15) is 0 Å². The number of rotatable bonds is 6. The highest BCUT2D eigenvalue weighted by atomic mass is 16.5. The first kappa shape index (κ1) is 17.0. The van der Waals surface area contributed by atoms with Crippen molar-refractivity contribution >= 4 is 0 Å². The Balaban J connectivity index is 1.60. The summed E-state index contributed by atoms with van der Waals surface area (Å²) in [5, 5.41) is 0. The van der Waals surface area contributed by atoms with Crippen LogP contribution in [0.1, 0.15) is 42.0 Å². The summed E-state index contributed by atoms with van der Waals surface area (Å²) in [6.07, 6.45) is 3.92. The molecule has 128 valence electrons. The van der Waals surface area contributed by atoms with Crippen molar-refractivity contribution in [3.8, 4) is 5.75 Å². The van der Waals surface area contributed by atoms with Crippen LogP contribution in [0.4, 0.5) is 0 Å². The molecule has 1 unspecified atom stereocenters. The summed E-state index contributed by atoms with van der Waals surface area (Å²) in [6.45, 7) is 5.69. The van der Waals surface area contributed by atoms with Gasteiger partial charge in [-0.05, 0) is 56.1 Å². The molecule has 0 aromatic heterocycles. The highest BCUT2D eigenvalue weighted by Crippen LogP contribution is 2.25. The molecule has 3 rings (SSSR count). The number of nitrogens with two attached hydrogens (primary N) is 1. The molecule has 0 spiro atoms. The van der Waals surface area contributed by atoms with Crippen LogP contribution < -0.4 is 10.5 Å². The Kier molecular flexibility index (Phi) is 5.89. The maximum absolute atomic E-state index is 6.05. The van der Waals surface area contributed by atoms with Crippen LogP contribution in [0.3, 0.4) is 0 Å². The van der Waals surface area contributed by atoms with Crippen LogP contribution >= 0.6 is 0 Å². The van der Waals surface area contributed by atoms with E-state index < -0.39 is 0 Å². The standard InChI is InChI=1S/C21H28N2O/c1-17-5-7-18(8-6-17)16-24-20-11-9-19(10-12-20)21(15-22)23-13-3-2-4-14-23/h5-12,21H,2-4,13-16,22H2,1H3. The van der Waals surface area contributed by atoms with E-state index in [1.165, 1.54) is 36.0 Å². The molecule has 3 nitrogen and oxygen atoms in total. The van der Waals surface area contributed by atoms with E-state index in [0.29, 0.717) is 19.2 Å². The molecule has 1 aliphatic heterocycles. The second-order valence-corrected chi connectivity index (χ2v) is 6.69. The highest BCUT2D eigenvalue weighted by Gasteiger charge is 2.20. The molecule has 1 aliphatic rings. The minimum atomic E-state index is 0.330. The maximum atomic E-state index is 6.05. The smallest absolute Gasteiger partial charge is 0.119 e. The second kappa shape index (κ2) is 8.32. The molecule has 1 fully saturated rings. The van der Waals surface area contributed by atoms with Crippen LogP contribution in [0.25, 0.3) is 0 Å². The Hall–Kier alpha value is -1.84. The fourth-order valence-electron chi connectivity index (χ4n) is 3.36. The molecule has 2 N–H and O–H groups in total. The molecule has 1 heterocycles. The van der Waals surface area contributed by atoms with E-state index in [4.69, 9.17) is 10.5 Å². The lowest BCUT2D eigenvalue weighted by atomic mass is 10.0. The third-order valence-corrected chi connectivity index (χ3v) is 4.85. The molecule has 0 saturated carbocycles. The van der Waals surface area contributed by atoms with Crippen LogP contribution in [0.2, 0.25) is 0 Å². The van der Waals surface area contributed by atoms with Crippen molar-refractivity contribution < 1.29 is 4.74 Å². The summed E-state index contributed by atoms with van der Waals surface area (Å²) in [5.41, 5.74) is 9.81. The van der Waals surface area contributed by atoms with E-state index in [1.54, 1.807) is 0 Å². The topological polar surface area (TPSA) is 38.5 Å². The van der Waals surface area contributed by atoms with Crippen molar-refractivity contribution in [1.29, 1.82) is 0 Å². The molecule has 0 radical (unpaired) electrons. The number of ether oxygens (including phenoxy) is 1. The molecule has 24 heavy (non-hydrogen) atoms. The fraction of sp³-hybridized carbons (Fsp3) is 0.429. The number of hydrogen-bond donors (Lipinski definition) is 1. The minimum absolute atomic E-state index is 0.330. The zero-order valence-electron chi connectivity index (χ0n) is 14.6. The molecule has 2 aromatic carbocycles. The Labute approximate surface area is 145 Å². The molecule has 1 atom stereocenters. The summed E-state index contributed by atoms with van der Waals surface area (Å²) < 4.78 is 5.90. The largest absolute Gasteiger partial charge is 0.489 e. The van der Waals surface area contributed by atoms with Gasteiger partial charge in [0.1, 0.15) is 12.4 Å². The number of aryl methyl sites for hydroxylation is 1. The third kappa shape index (κ3) is 4.37. The number of likely N-dealkylation sites (tertiary alicyclic amines) is 1. The zero-order valence-corrected chi connectivity index (χ0v) is 14.6. The van der Waals surface area contributed by atoms with Gasteiger partial charge in [-0.3, -0.25) is 4.90 Å². The van der Waals surface area contributed by atoms with E-state index >= 15 is 0 Å². The molecule has 2 aromatic rings. The Morgan fingerprint density at radius 2 is 1.62 bits per heavy atom. The summed E-state index contributed by atoms with van der Waals surface area (Å²) in [4.78, 5) is 2.52. The predicted molar refractivity (Wildman–Crippen MR) is 99.2 cm³/mol. The van der Waals surface area contributed by atoms with Gasteiger partial charge in [0.25, 0.3) is 0 Å². The number of benzene rings is 2. The Morgan fingerprint density at radius 3 is 2.25 bits per heavy atom. The molecule has 0 aliphatic carbocycles. The maximum Gasteiger partial charge on any atom is 0.119 e. The van der Waals surface area contributed by atoms with Crippen molar-refractivity contribution in [3.63, 3.8) is 0 Å². The van der Waals surface area contributed by atoms with Crippen molar-refractivity contribution in [2.75, 3.05) is 19.6 Å². The lowest BCUT2D eigenvalue weighted by Crippen LogP contribution is -2.37. The number of nitrogens with zero attached hydrogens (tertiary/aromatic N) is 1. The van der Waals surface area contributed by atoms with Gasteiger partial charge in [-0.25, -0.2) is 0 Å². The third-order valence-electron chi connectivity index (χ3n) is 4.85. The van der Waals surface area contributed by atoms with Gasteiger partial charge in [0, 0.05) is 12.6 Å². The average Bonchev–Trinajstić information content (AvgIpc) is 2.64. The first-order valence-electron chi connectivity index (χ1n) is 8.98. The van der Waals surface area contributed by atoms with Crippen molar-refractivity contribution in [2.45, 2.75) is 38.8 Å². The Bertz CT molecular complexity index is 615. The quantitative estimate of drug-likeness (QED) is 0.871. The fourth-order valence-corrected chi connectivity index (χ4v) is 3.36. The lowest BCUT2D eigenvalue weighted by Gasteiger charge is -2.34. The summed E-state index contributed by atoms with van der Waals surface area (Å²) in [6, 6.07) is 17.3. The van der Waals surface area contributed by atoms with Crippen molar-refractivity contribution in [1.82, 2.24) is 4.90 Å². The molecular formula is C21H28N2O. The van der Waals surface area contributed by atoms with Gasteiger partial charge in [0.15, 0.2) is 0 Å². The highest BCUT2D eigenvalue weighted by molar-refractivity contribution is 5.30. The van der Waals surface area contributed by atoms with Gasteiger partial charge < -0.3 is 10.5 Å². The van der Waals surface area contributed by atoms with Gasteiger partial charge >= 0.3 is 0 Å². The zero-order chi connectivity index (χ0) is 16.8. The summed E-state index contributed by atoms with van der Waals surface area (Å²) in [7, 11) is 0. The molecule has 1 saturated heterocycles. The molecule has 0 amide bonds. The SMILES string of the molecule is Cc1ccc(COc2ccc(C(CN)N3CCCCC3)cc2)cc1. The van der Waals surface area contributed by atoms with Crippen LogP contribution in [-0.2, 0) is 6.61 Å². The molecular weight excluding hydrogens is 296 g/mol. The monoisotopic (exact) mass is 324 g/mol. The normalized spacial score (nSPS) is 16.8. The minimum Gasteiger partial charge on any atom is -0.489 e. The number of hydrogen-bond acceptors (Lipinski definition) is 3. The van der Waals surface area contributed by atoms with Gasteiger partial charge in [0.05, 0.1) is 0 Å². The first-order valence-corrected chi connectivity index (χ1v) is 8.98. The summed E-state index contributed by atoms with van der Waals surface area (Å²) in [5.74, 6) is 0.911. The van der Waals surface area contributed by atoms with Crippen LogP contribution in [0.15, 0.2) is 48.5 Å². The lowest BCUT2D eigenvalue weighted by molar-refractivity contribution is 0.167. The molecule has 3 heteroatoms. The van der Waals surface area contributed by atoms with E-state index in [1.807, 2.05) is 0 Å². The van der Waals surface area contributed by atoms with E-state index in [2.05, 4.69) is 60.4 Å². The average molecular weight is 324 g/mol. The molecule has 0 bridgehead atoms. The van der Waals surface area contributed by atoms with Gasteiger partial charge in [-0.1, -0.05) is 48.4 Å². The van der Waals surface area contributed by atoms with E-state index in [9.17, 15) is 0 Å². The van der Waals surface area contributed by atoms with Crippen LogP contribution in [0, 0.1) is 6.92 Å². The van der Waals surface area contributed by atoms with E-state index in [-0.39, 0.29) is 0 Å². The van der Waals surface area contributed by atoms with Crippen LogP contribution in [-0.4, -0.2) is 24.5 Å². The predicted octanol–water partition coefficient (Wildman–Crippen LogP) is 4.06. The van der Waals surface area contributed by atoms with Crippen molar-refractivity contribution in [2.24, 2.45) is 5.73 Å². The van der Waals surface area contributed by atoms with Crippen LogP contribution in [0.5, 0.6) is 5.75 Å². The first-order chi connectivity index (χ1) is 11.8. The van der Waals surface area contributed by atoms with Gasteiger partial charge in [-0.15, -0.1) is 0 Å². The van der Waals surface area contributed by atoms with Crippen molar-refractivity contribution in [3.05, 3.63) is 65.2 Å². The summed E-state index contributed by atoms with van der Waals surface area (Å²) >= 11 is 0. The Morgan fingerprint density at radius 1 is 0.958 bits per heavy atom. The van der Waals surface area contributed by atoms with Gasteiger partial charge in [0.2, 0.25) is 0 Å². The number of piperidine rings is 1.